The zero-order valence-corrected chi connectivity index (χ0v) is 10.7. The molecular weight excluding hydrogens is 244 g/mol. The summed E-state index contributed by atoms with van der Waals surface area (Å²) in [6.45, 7) is 1.45. The zero-order valence-electron chi connectivity index (χ0n) is 10.7. The van der Waals surface area contributed by atoms with Crippen molar-refractivity contribution in [1.29, 1.82) is 0 Å². The number of methoxy groups -OCH3 is 1. The smallest absolute Gasteiger partial charge is 0.221 e. The minimum Gasteiger partial charge on any atom is -0.496 e. The molecule has 0 aliphatic rings. The number of aromatic nitrogens is 2. The fourth-order valence-electron chi connectivity index (χ4n) is 1.71. The van der Waals surface area contributed by atoms with Crippen LogP contribution in [0.1, 0.15) is 6.92 Å². The minimum atomic E-state index is -0.140. The molecule has 0 bridgehead atoms. The number of nitrogen functional groups attached to an aromatic ring is 1. The van der Waals surface area contributed by atoms with E-state index in [4.69, 9.17) is 10.5 Å². The molecule has 1 aromatic heterocycles. The third kappa shape index (κ3) is 2.98. The van der Waals surface area contributed by atoms with E-state index >= 15 is 0 Å². The number of amides is 1. The first-order valence-corrected chi connectivity index (χ1v) is 5.64. The fourth-order valence-corrected chi connectivity index (χ4v) is 1.71. The highest BCUT2D eigenvalue weighted by molar-refractivity contribution is 5.90. The van der Waals surface area contributed by atoms with Crippen LogP contribution in [-0.4, -0.2) is 23.0 Å². The summed E-state index contributed by atoms with van der Waals surface area (Å²) in [4.78, 5) is 19.1. The van der Waals surface area contributed by atoms with Gasteiger partial charge in [0, 0.05) is 24.4 Å². The lowest BCUT2D eigenvalue weighted by molar-refractivity contribution is -0.114. The molecule has 6 nitrogen and oxygen atoms in total. The fraction of sp³-hybridized carbons (Fsp3) is 0.154. The van der Waals surface area contributed by atoms with Crippen LogP contribution in [0.25, 0.3) is 11.3 Å². The molecule has 1 aromatic carbocycles. The predicted octanol–water partition coefficient (Wildman–Crippen LogP) is 1.69. The highest BCUT2D eigenvalue weighted by Crippen LogP contribution is 2.31. The van der Waals surface area contributed by atoms with Crippen LogP contribution in [0.5, 0.6) is 5.75 Å². The Bertz CT molecular complexity index is 613. The lowest BCUT2D eigenvalue weighted by Crippen LogP contribution is -2.06. The van der Waals surface area contributed by atoms with Crippen LogP contribution in [0.3, 0.4) is 0 Å². The number of ether oxygens (including phenoxy) is 1. The summed E-state index contributed by atoms with van der Waals surface area (Å²) in [5.41, 5.74) is 7.62. The van der Waals surface area contributed by atoms with Crippen LogP contribution in [-0.2, 0) is 4.79 Å². The Balaban J connectivity index is 2.49. The highest BCUT2D eigenvalue weighted by Gasteiger charge is 2.09. The van der Waals surface area contributed by atoms with Gasteiger partial charge in [-0.05, 0) is 24.3 Å². The van der Waals surface area contributed by atoms with Gasteiger partial charge >= 0.3 is 0 Å². The molecule has 19 heavy (non-hydrogen) atoms. The van der Waals surface area contributed by atoms with Gasteiger partial charge < -0.3 is 15.8 Å². The van der Waals surface area contributed by atoms with Gasteiger partial charge in [0.2, 0.25) is 11.9 Å². The maximum atomic E-state index is 11.1. The van der Waals surface area contributed by atoms with Crippen LogP contribution in [0, 0.1) is 0 Å². The Morgan fingerprint density at radius 1 is 1.37 bits per heavy atom. The number of nitrogens with zero attached hydrogens (tertiary/aromatic N) is 2. The van der Waals surface area contributed by atoms with Gasteiger partial charge in [0.25, 0.3) is 0 Å². The number of rotatable bonds is 3. The van der Waals surface area contributed by atoms with E-state index in [0.29, 0.717) is 17.1 Å². The van der Waals surface area contributed by atoms with Crippen molar-refractivity contribution in [2.45, 2.75) is 6.92 Å². The molecule has 0 radical (unpaired) electrons. The Kier molecular flexibility index (Phi) is 3.61. The maximum absolute atomic E-state index is 11.1. The molecular formula is C13H14N4O2. The largest absolute Gasteiger partial charge is 0.496 e. The molecule has 2 aromatic rings. The topological polar surface area (TPSA) is 90.1 Å². The number of carbonyl (C=O) groups excluding carboxylic acids is 1. The summed E-state index contributed by atoms with van der Waals surface area (Å²) >= 11 is 0. The van der Waals surface area contributed by atoms with Crippen molar-refractivity contribution in [3.63, 3.8) is 0 Å². The number of carbonyl (C=O) groups is 1. The zero-order chi connectivity index (χ0) is 13.8. The molecule has 1 amide bonds. The second-order valence-electron chi connectivity index (χ2n) is 3.90. The Labute approximate surface area is 110 Å². The summed E-state index contributed by atoms with van der Waals surface area (Å²) in [6, 6.07) is 7.03. The molecule has 0 saturated carbocycles. The summed E-state index contributed by atoms with van der Waals surface area (Å²) in [6.07, 6.45) is 1.57. The number of nitrogens with one attached hydrogen (secondary N) is 1. The Morgan fingerprint density at radius 2 is 2.16 bits per heavy atom. The number of benzene rings is 1. The lowest BCUT2D eigenvalue weighted by Gasteiger charge is -2.10. The monoisotopic (exact) mass is 258 g/mol. The van der Waals surface area contributed by atoms with Crippen LogP contribution < -0.4 is 15.8 Å². The number of hydrogen-bond donors (Lipinski definition) is 2. The minimum absolute atomic E-state index is 0.140. The second-order valence-corrected chi connectivity index (χ2v) is 3.90. The molecule has 6 heteroatoms. The molecule has 0 atom stereocenters. The van der Waals surface area contributed by atoms with E-state index in [9.17, 15) is 4.79 Å². The van der Waals surface area contributed by atoms with Gasteiger partial charge in [-0.1, -0.05) is 0 Å². The normalized spacial score (nSPS) is 10.0. The van der Waals surface area contributed by atoms with Crippen LogP contribution in [0.4, 0.5) is 11.6 Å². The summed E-state index contributed by atoms with van der Waals surface area (Å²) in [7, 11) is 1.57. The van der Waals surface area contributed by atoms with Gasteiger partial charge in [-0.3, -0.25) is 4.79 Å². The van der Waals surface area contributed by atoms with Gasteiger partial charge in [0.15, 0.2) is 0 Å². The summed E-state index contributed by atoms with van der Waals surface area (Å²) in [5.74, 6) is 0.690. The Morgan fingerprint density at radius 3 is 2.79 bits per heavy atom. The number of hydrogen-bond acceptors (Lipinski definition) is 5. The molecule has 1 heterocycles. The van der Waals surface area contributed by atoms with E-state index in [-0.39, 0.29) is 11.9 Å². The van der Waals surface area contributed by atoms with E-state index < -0.39 is 0 Å². The average molecular weight is 258 g/mol. The summed E-state index contributed by atoms with van der Waals surface area (Å²) in [5, 5.41) is 2.71. The van der Waals surface area contributed by atoms with Crippen molar-refractivity contribution in [1.82, 2.24) is 9.97 Å². The molecule has 98 valence electrons. The molecule has 2 rings (SSSR count). The van der Waals surface area contributed by atoms with E-state index in [1.165, 1.54) is 6.92 Å². The van der Waals surface area contributed by atoms with Crippen molar-refractivity contribution >= 4 is 17.5 Å². The molecule has 0 spiro atoms. The quantitative estimate of drug-likeness (QED) is 0.874. The van der Waals surface area contributed by atoms with Crippen LogP contribution >= 0.6 is 0 Å². The van der Waals surface area contributed by atoms with Gasteiger partial charge in [-0.15, -0.1) is 0 Å². The van der Waals surface area contributed by atoms with Gasteiger partial charge in [-0.2, -0.15) is 0 Å². The second kappa shape index (κ2) is 5.34. The molecule has 0 unspecified atom stereocenters. The number of nitrogens with two attached hydrogens (primary N) is 1. The van der Waals surface area contributed by atoms with Crippen molar-refractivity contribution in [2.24, 2.45) is 0 Å². The predicted molar refractivity (Wildman–Crippen MR) is 72.7 cm³/mol. The Hall–Kier alpha value is -2.63. The first kappa shape index (κ1) is 12.8. The maximum Gasteiger partial charge on any atom is 0.221 e. The molecule has 0 saturated heterocycles. The first-order chi connectivity index (χ1) is 9.10. The SMILES string of the molecule is COc1ccc(NC(C)=O)cc1-c1ccnc(N)n1. The third-order valence-corrected chi connectivity index (χ3v) is 2.47. The van der Waals surface area contributed by atoms with E-state index in [0.717, 1.165) is 5.56 Å². The van der Waals surface area contributed by atoms with Crippen molar-refractivity contribution < 1.29 is 9.53 Å². The average Bonchev–Trinajstić information content (AvgIpc) is 2.38. The van der Waals surface area contributed by atoms with Gasteiger partial charge in [0.05, 0.1) is 12.8 Å². The van der Waals surface area contributed by atoms with E-state index in [1.807, 2.05) is 0 Å². The van der Waals surface area contributed by atoms with Crippen molar-refractivity contribution in [3.05, 3.63) is 30.5 Å². The third-order valence-electron chi connectivity index (χ3n) is 2.47. The standard InChI is InChI=1S/C13H14N4O2/c1-8(18)16-9-3-4-12(19-2)10(7-9)11-5-6-15-13(14)17-11/h3-7H,1-2H3,(H,16,18)(H2,14,15,17). The van der Waals surface area contributed by atoms with E-state index in [1.54, 1.807) is 37.6 Å². The van der Waals surface area contributed by atoms with Gasteiger partial charge in [0.1, 0.15) is 5.75 Å². The summed E-state index contributed by atoms with van der Waals surface area (Å²) < 4.78 is 5.29. The van der Waals surface area contributed by atoms with Crippen LogP contribution in [0.15, 0.2) is 30.5 Å². The van der Waals surface area contributed by atoms with Crippen molar-refractivity contribution in [3.8, 4) is 17.0 Å². The molecule has 0 aliphatic heterocycles. The van der Waals surface area contributed by atoms with Gasteiger partial charge in [-0.25, -0.2) is 9.97 Å². The van der Waals surface area contributed by atoms with Crippen LogP contribution in [0.2, 0.25) is 0 Å². The van der Waals surface area contributed by atoms with E-state index in [2.05, 4.69) is 15.3 Å². The highest BCUT2D eigenvalue weighted by atomic mass is 16.5. The lowest BCUT2D eigenvalue weighted by atomic mass is 10.1. The number of anilines is 2. The molecule has 0 aliphatic carbocycles. The van der Waals surface area contributed by atoms with Crippen molar-refractivity contribution in [2.75, 3.05) is 18.2 Å². The first-order valence-electron chi connectivity index (χ1n) is 5.64. The molecule has 3 N–H and O–H groups in total. The molecule has 0 fully saturated rings.